The Morgan fingerprint density at radius 3 is 2.59 bits per heavy atom. The summed E-state index contributed by atoms with van der Waals surface area (Å²) in [5.41, 5.74) is 0.219. The number of nitrogens with one attached hydrogen (secondary N) is 1. The van der Waals surface area contributed by atoms with Crippen LogP contribution in [0.4, 0.5) is 0 Å². The number of rotatable bonds is 6. The highest BCUT2D eigenvalue weighted by molar-refractivity contribution is 5.92. The van der Waals surface area contributed by atoms with Crippen LogP contribution in [-0.2, 0) is 12.0 Å². The number of nitrogens with zero attached hydrogens (tertiary/aromatic N) is 2. The van der Waals surface area contributed by atoms with Gasteiger partial charge in [0.1, 0.15) is 0 Å². The lowest BCUT2D eigenvalue weighted by molar-refractivity contribution is 0.0941. The summed E-state index contributed by atoms with van der Waals surface area (Å²) in [6.07, 6.45) is 7.88. The number of aromatic hydroxyl groups is 1. The number of benzene rings is 1. The van der Waals surface area contributed by atoms with E-state index in [-0.39, 0.29) is 11.1 Å². The van der Waals surface area contributed by atoms with Crippen LogP contribution in [0.25, 0.3) is 0 Å². The molecule has 0 atom stereocenters. The molecule has 4 rings (SSSR count). The van der Waals surface area contributed by atoms with E-state index in [0.717, 1.165) is 38.5 Å². The molecule has 27 heavy (non-hydrogen) atoms. The molecule has 1 amide bonds. The third-order valence-electron chi connectivity index (χ3n) is 5.82. The predicted octanol–water partition coefficient (Wildman–Crippen LogP) is 2.60. The van der Waals surface area contributed by atoms with E-state index in [2.05, 4.69) is 22.5 Å². The van der Waals surface area contributed by atoms with Crippen LogP contribution in [0.1, 0.15) is 54.6 Å². The number of aromatic nitrogens is 2. The van der Waals surface area contributed by atoms with Gasteiger partial charge in [-0.2, -0.15) is 5.10 Å². The summed E-state index contributed by atoms with van der Waals surface area (Å²) in [6.45, 7) is 1.09. The molecule has 2 aromatic rings. The number of hydrogen-bond acceptors (Lipinski definition) is 4. The third kappa shape index (κ3) is 3.75. The van der Waals surface area contributed by atoms with Gasteiger partial charge >= 0.3 is 0 Å². The van der Waals surface area contributed by atoms with Crippen LogP contribution >= 0.6 is 0 Å². The van der Waals surface area contributed by atoms with Crippen molar-refractivity contribution in [1.29, 1.82) is 0 Å². The van der Waals surface area contributed by atoms with E-state index in [4.69, 9.17) is 0 Å². The minimum absolute atomic E-state index is 0.0858. The van der Waals surface area contributed by atoms with E-state index in [1.807, 2.05) is 18.2 Å². The quantitative estimate of drug-likeness (QED) is 0.822. The highest BCUT2D eigenvalue weighted by Gasteiger charge is 2.36. The van der Waals surface area contributed by atoms with E-state index in [9.17, 15) is 14.7 Å². The lowest BCUT2D eigenvalue weighted by Gasteiger charge is -2.30. The van der Waals surface area contributed by atoms with Gasteiger partial charge in [-0.05, 0) is 37.2 Å². The number of carbonyl (C=O) groups excluding carboxylic acids is 1. The van der Waals surface area contributed by atoms with Crippen molar-refractivity contribution in [2.24, 2.45) is 5.92 Å². The fourth-order valence-corrected chi connectivity index (χ4v) is 4.09. The van der Waals surface area contributed by atoms with Gasteiger partial charge in [-0.3, -0.25) is 14.3 Å². The summed E-state index contributed by atoms with van der Waals surface area (Å²) >= 11 is 0. The summed E-state index contributed by atoms with van der Waals surface area (Å²) in [7, 11) is 0. The Balaban J connectivity index is 1.62. The van der Waals surface area contributed by atoms with E-state index < -0.39 is 17.1 Å². The molecule has 1 aromatic heterocycles. The zero-order valence-electron chi connectivity index (χ0n) is 15.4. The van der Waals surface area contributed by atoms with Crippen molar-refractivity contribution in [3.63, 3.8) is 0 Å². The van der Waals surface area contributed by atoms with Crippen LogP contribution in [0.2, 0.25) is 0 Å². The minimum atomic E-state index is -0.709. The molecule has 2 aliphatic rings. The van der Waals surface area contributed by atoms with Crippen molar-refractivity contribution >= 4 is 5.91 Å². The van der Waals surface area contributed by atoms with Crippen LogP contribution in [0.5, 0.6) is 5.75 Å². The normalized spacial score (nSPS) is 18.4. The molecule has 0 unspecified atom stereocenters. The van der Waals surface area contributed by atoms with E-state index >= 15 is 0 Å². The fraction of sp³-hybridized carbons (Fsp3) is 0.476. The van der Waals surface area contributed by atoms with Crippen molar-refractivity contribution in [1.82, 2.24) is 15.1 Å². The molecule has 0 saturated heterocycles. The molecule has 2 aliphatic carbocycles. The molecule has 6 heteroatoms. The first kappa shape index (κ1) is 17.8. The topological polar surface area (TPSA) is 84.2 Å². The van der Waals surface area contributed by atoms with Crippen LogP contribution in [0.3, 0.4) is 0 Å². The van der Waals surface area contributed by atoms with Gasteiger partial charge in [0, 0.05) is 12.0 Å². The Labute approximate surface area is 158 Å². The molecular weight excluding hydrogens is 342 g/mol. The maximum absolute atomic E-state index is 12.4. The van der Waals surface area contributed by atoms with Gasteiger partial charge in [0.25, 0.3) is 11.3 Å². The first-order chi connectivity index (χ1) is 13.1. The lowest BCUT2D eigenvalue weighted by Crippen LogP contribution is -2.35. The second-order valence-electron chi connectivity index (χ2n) is 7.90. The Hall–Kier alpha value is -2.63. The van der Waals surface area contributed by atoms with E-state index in [1.54, 1.807) is 4.68 Å². The SMILES string of the molecule is O=C(NCC1CC1)c1nn(CC2(c3ccccc3)CCCC2)cc(O)c1=O. The van der Waals surface area contributed by atoms with Gasteiger partial charge in [-0.15, -0.1) is 0 Å². The van der Waals surface area contributed by atoms with Gasteiger partial charge < -0.3 is 10.4 Å². The highest BCUT2D eigenvalue weighted by Crippen LogP contribution is 2.42. The zero-order valence-corrected chi connectivity index (χ0v) is 15.4. The Morgan fingerprint density at radius 2 is 1.93 bits per heavy atom. The number of carbonyl (C=O) groups is 1. The van der Waals surface area contributed by atoms with Crippen LogP contribution in [-0.4, -0.2) is 27.3 Å². The molecule has 142 valence electrons. The third-order valence-corrected chi connectivity index (χ3v) is 5.82. The van der Waals surface area contributed by atoms with Crippen molar-refractivity contribution in [2.75, 3.05) is 6.54 Å². The van der Waals surface area contributed by atoms with Crippen molar-refractivity contribution < 1.29 is 9.90 Å². The zero-order chi connectivity index (χ0) is 18.9. The van der Waals surface area contributed by atoms with E-state index in [0.29, 0.717) is 19.0 Å². The van der Waals surface area contributed by atoms with Gasteiger partial charge in [-0.1, -0.05) is 43.2 Å². The molecule has 0 bridgehead atoms. The molecule has 2 N–H and O–H groups in total. The Morgan fingerprint density at radius 1 is 1.22 bits per heavy atom. The van der Waals surface area contributed by atoms with E-state index in [1.165, 1.54) is 11.8 Å². The molecule has 2 fully saturated rings. The first-order valence-corrected chi connectivity index (χ1v) is 9.72. The summed E-state index contributed by atoms with van der Waals surface area (Å²) in [4.78, 5) is 24.6. The second kappa shape index (κ2) is 7.18. The highest BCUT2D eigenvalue weighted by atomic mass is 16.3. The predicted molar refractivity (Wildman–Crippen MR) is 102 cm³/mol. The van der Waals surface area contributed by atoms with Crippen molar-refractivity contribution in [3.05, 3.63) is 58.0 Å². The summed E-state index contributed by atoms with van der Waals surface area (Å²) in [5.74, 6) is -0.423. The fourth-order valence-electron chi connectivity index (χ4n) is 4.09. The monoisotopic (exact) mass is 367 g/mol. The largest absolute Gasteiger partial charge is 0.503 e. The van der Waals surface area contributed by atoms with Crippen molar-refractivity contribution in [2.45, 2.75) is 50.5 Å². The standard InChI is InChI=1S/C21H25N3O3/c25-17-13-24(23-18(19(17)26)20(27)22-12-15-8-9-15)14-21(10-4-5-11-21)16-6-2-1-3-7-16/h1-3,6-7,13,15,25H,4-5,8-12,14H2,(H,22,27). The molecule has 6 nitrogen and oxygen atoms in total. The van der Waals surface area contributed by atoms with Gasteiger partial charge in [0.15, 0.2) is 11.4 Å². The molecule has 1 aromatic carbocycles. The summed E-state index contributed by atoms with van der Waals surface area (Å²) in [5, 5.41) is 17.2. The van der Waals surface area contributed by atoms with Gasteiger partial charge in [0.2, 0.25) is 0 Å². The average molecular weight is 367 g/mol. The summed E-state index contributed by atoms with van der Waals surface area (Å²) in [6, 6.07) is 10.3. The molecule has 2 saturated carbocycles. The van der Waals surface area contributed by atoms with Crippen LogP contribution in [0.15, 0.2) is 41.3 Å². The van der Waals surface area contributed by atoms with Crippen molar-refractivity contribution in [3.8, 4) is 5.75 Å². The lowest BCUT2D eigenvalue weighted by atomic mass is 9.79. The smallest absolute Gasteiger partial charge is 0.275 e. The summed E-state index contributed by atoms with van der Waals surface area (Å²) < 4.78 is 1.57. The Kier molecular flexibility index (Phi) is 4.72. The maximum Gasteiger partial charge on any atom is 0.275 e. The second-order valence-corrected chi connectivity index (χ2v) is 7.90. The minimum Gasteiger partial charge on any atom is -0.503 e. The molecule has 0 radical (unpaired) electrons. The Bertz CT molecular complexity index is 881. The van der Waals surface area contributed by atoms with Crippen LogP contribution < -0.4 is 10.7 Å². The molecular formula is C21H25N3O3. The van der Waals surface area contributed by atoms with Crippen LogP contribution in [0, 0.1) is 5.92 Å². The number of amides is 1. The first-order valence-electron chi connectivity index (χ1n) is 9.72. The average Bonchev–Trinajstić information content (AvgIpc) is 3.40. The van der Waals surface area contributed by atoms with Gasteiger partial charge in [0.05, 0.1) is 12.7 Å². The number of hydrogen-bond donors (Lipinski definition) is 2. The molecule has 0 aliphatic heterocycles. The maximum atomic E-state index is 12.4. The van der Waals surface area contributed by atoms with Gasteiger partial charge in [-0.25, -0.2) is 0 Å². The molecule has 1 heterocycles. The molecule has 0 spiro atoms.